The Morgan fingerprint density at radius 2 is 0.529 bits per heavy atom. The van der Waals surface area contributed by atoms with Crippen molar-refractivity contribution in [2.75, 3.05) is 0 Å². The van der Waals surface area contributed by atoms with Gasteiger partial charge in [0.15, 0.2) is 6.10 Å². The highest BCUT2D eigenvalue weighted by atomic mass is 19.4. The summed E-state index contributed by atoms with van der Waals surface area (Å²) in [7, 11) is 0. The second-order valence-electron chi connectivity index (χ2n) is 15.8. The zero-order valence-corrected chi connectivity index (χ0v) is 34.4. The average molecular weight is 1040 g/mol. The Morgan fingerprint density at radius 3 is 0.729 bits per heavy atom. The molecule has 382 valence electrons. The van der Waals surface area contributed by atoms with Crippen molar-refractivity contribution in [2.45, 2.75) is 87.6 Å². The van der Waals surface area contributed by atoms with Crippen LogP contribution in [0.5, 0.6) is 0 Å². The summed E-state index contributed by atoms with van der Waals surface area (Å²) in [6.07, 6.45) is -44.0. The van der Waals surface area contributed by atoms with Gasteiger partial charge in [-0.1, -0.05) is 61.0 Å². The van der Waals surface area contributed by atoms with E-state index >= 15 is 0 Å². The topological polar surface area (TPSA) is 13.1 Å². The molecule has 4 aromatic carbocycles. The van der Waals surface area contributed by atoms with Gasteiger partial charge in [0, 0.05) is 16.9 Å². The van der Waals surface area contributed by atoms with Crippen LogP contribution in [0.1, 0.15) is 76.6 Å². The van der Waals surface area contributed by atoms with Crippen LogP contribution in [-0.4, -0.2) is 12.2 Å². The van der Waals surface area contributed by atoms with Crippen LogP contribution in [0.4, 0.5) is 105 Å². The lowest BCUT2D eigenvalue weighted by molar-refractivity contribution is -0.899. The number of aromatic nitrogens is 1. The molecule has 0 bridgehead atoms. The minimum absolute atomic E-state index is 0.432. The van der Waals surface area contributed by atoms with Crippen LogP contribution < -0.4 is 31.4 Å². The second-order valence-corrected chi connectivity index (χ2v) is 15.8. The van der Waals surface area contributed by atoms with Gasteiger partial charge in [0.25, 0.3) is 0 Å². The Morgan fingerprint density at radius 1 is 0.314 bits per heavy atom. The minimum atomic E-state index is -6.13. The highest BCUT2D eigenvalue weighted by Gasteiger charge is 2.47. The maximum absolute atomic E-state index is 14.2. The molecule has 0 atom stereocenters. The first-order chi connectivity index (χ1) is 31.7. The molecule has 0 spiro atoms. The quantitative estimate of drug-likeness (QED) is 0.0938. The maximum Gasteiger partial charge on any atom is 0.416 e. The normalized spacial score (nSPS) is 15.1. The second kappa shape index (κ2) is 19.1. The van der Waals surface area contributed by atoms with E-state index in [1.165, 1.54) is 32.1 Å². The molecule has 2 nitrogen and oxygen atoms in total. The van der Waals surface area contributed by atoms with Gasteiger partial charge in [-0.25, -0.2) is 0 Å². The van der Waals surface area contributed by atoms with E-state index in [-0.39, 0.29) is 0 Å². The van der Waals surface area contributed by atoms with Gasteiger partial charge in [0.05, 0.1) is 44.5 Å². The molecule has 6 rings (SSSR count). The Bertz CT molecular complexity index is 2180. The number of rotatable bonds is 6. The molecule has 0 radical (unpaired) electrons. The summed E-state index contributed by atoms with van der Waals surface area (Å²) in [5.74, 6) is 0. The number of halogens is 24. The molecule has 70 heavy (non-hydrogen) atoms. The largest absolute Gasteiger partial charge is 0.416 e. The van der Waals surface area contributed by atoms with Crippen molar-refractivity contribution in [3.63, 3.8) is 0 Å². The van der Waals surface area contributed by atoms with E-state index < -0.39 is 195 Å². The number of benzene rings is 4. The van der Waals surface area contributed by atoms with Crippen molar-refractivity contribution >= 4 is 28.0 Å². The fourth-order valence-electron chi connectivity index (χ4n) is 7.87. The number of hydrogen-bond acceptors (Lipinski definition) is 1. The van der Waals surface area contributed by atoms with Gasteiger partial charge in [0.2, 0.25) is 12.4 Å². The van der Waals surface area contributed by atoms with Crippen LogP contribution in [-0.2, 0) is 49.4 Å². The fraction of sp³-hybridized carbons (Fsp3) is 0.326. The van der Waals surface area contributed by atoms with Crippen molar-refractivity contribution in [3.8, 4) is 0 Å². The first-order valence-electron chi connectivity index (χ1n) is 19.7. The lowest BCUT2D eigenvalue weighted by Crippen LogP contribution is -2.75. The lowest BCUT2D eigenvalue weighted by Gasteiger charge is -2.46. The van der Waals surface area contributed by atoms with Gasteiger partial charge < -0.3 is 0 Å². The third kappa shape index (κ3) is 12.9. The van der Waals surface area contributed by atoms with E-state index in [4.69, 9.17) is 4.84 Å². The summed E-state index contributed by atoms with van der Waals surface area (Å²) in [5.41, 5.74) is -30.2. The monoisotopic (exact) mass is 1040 g/mol. The molecule has 5 aromatic rings. The van der Waals surface area contributed by atoms with E-state index in [1.54, 1.807) is 0 Å². The molecule has 1 fully saturated rings. The van der Waals surface area contributed by atoms with Crippen molar-refractivity contribution in [2.24, 2.45) is 0 Å². The third-order valence-electron chi connectivity index (χ3n) is 11.0. The summed E-state index contributed by atoms with van der Waals surface area (Å²) in [4.78, 5) is 5.77. The summed E-state index contributed by atoms with van der Waals surface area (Å²) >= 11 is 0. The number of hydrogen-bond donors (Lipinski definition) is 0. The van der Waals surface area contributed by atoms with Gasteiger partial charge in [0.1, 0.15) is 6.15 Å². The summed E-state index contributed by atoms with van der Waals surface area (Å²) in [6, 6.07) is -2.83. The SMILES string of the molecule is FC(F)(F)c1cc([B-](c2cc(C(F)(F)F)cc(C(F)(F)F)c2)(c2cc(C(F)(F)F)cc(C(F)(F)F)c2)c2cc(C(F)(F)F)cc(C(F)(F)F)c2)cc(C(F)(F)F)c1.c1cc[n+](OC2CCCCC2)cc1. The molecule has 1 aromatic heterocycles. The number of pyridine rings is 1. The van der Waals surface area contributed by atoms with Gasteiger partial charge in [-0.3, -0.25) is 4.84 Å². The van der Waals surface area contributed by atoms with Gasteiger partial charge in [-0.15, -0.1) is 0 Å². The Kier molecular flexibility index (Phi) is 15.0. The minimum Gasteiger partial charge on any atom is -0.268 e. The molecule has 1 saturated carbocycles. The number of nitrogens with zero attached hydrogens (tertiary/aromatic N) is 1. The average Bonchev–Trinajstić information content (AvgIpc) is 3.22. The highest BCUT2D eigenvalue weighted by molar-refractivity contribution is 7.20. The summed E-state index contributed by atoms with van der Waals surface area (Å²) in [6.45, 7) is 0. The predicted octanol–water partition coefficient (Wildman–Crippen LogP) is 12.9. The van der Waals surface area contributed by atoms with Crippen LogP contribution >= 0.6 is 0 Å². The zero-order valence-electron chi connectivity index (χ0n) is 34.4. The van der Waals surface area contributed by atoms with Crippen molar-refractivity contribution in [3.05, 3.63) is 148 Å². The Hall–Kier alpha value is -5.79. The zero-order chi connectivity index (χ0) is 52.8. The summed E-state index contributed by atoms with van der Waals surface area (Å²) < 4.78 is 343. The van der Waals surface area contributed by atoms with E-state index in [9.17, 15) is 105 Å². The molecular weight excluding hydrogens is 1010 g/mol. The smallest absolute Gasteiger partial charge is 0.268 e. The maximum atomic E-state index is 14.2. The predicted molar refractivity (Wildman–Crippen MR) is 200 cm³/mol. The highest BCUT2D eigenvalue weighted by Crippen LogP contribution is 2.41. The van der Waals surface area contributed by atoms with Crippen molar-refractivity contribution < 1.29 is 115 Å². The van der Waals surface area contributed by atoms with E-state index in [2.05, 4.69) is 0 Å². The van der Waals surface area contributed by atoms with Gasteiger partial charge >= 0.3 is 49.4 Å². The molecule has 27 heteroatoms. The Labute approximate surface area is 378 Å². The standard InChI is InChI=1S/C32H12BF24.C11H16NO/c34-25(35,36)13-1-14(26(37,38)39)6-21(5-13)33(22-7-15(27(40,41)42)2-16(8-22)28(43,44)45,23-9-17(29(46,47)48)3-18(10-23)30(49,50)51)24-11-19(31(52,53)54)4-20(12-24)32(55,56)57;1-3-7-11(8-4-1)13-12-9-5-2-6-10-12/h1-12H;2,5-6,9-11H,1,3-4,7-8H2/q-1;+1. The van der Waals surface area contributed by atoms with Gasteiger partial charge in [-0.2, -0.15) is 127 Å². The molecule has 1 aliphatic rings. The fourth-order valence-corrected chi connectivity index (χ4v) is 7.87. The van der Waals surface area contributed by atoms with E-state index in [0.717, 1.165) is 0 Å². The van der Waals surface area contributed by atoms with Crippen LogP contribution in [0.25, 0.3) is 0 Å². The molecule has 1 heterocycles. The molecule has 0 saturated heterocycles. The first-order valence-corrected chi connectivity index (χ1v) is 19.7. The molecule has 0 N–H and O–H groups in total. The Balaban J connectivity index is 0.000000600. The van der Waals surface area contributed by atoms with Crippen molar-refractivity contribution in [1.29, 1.82) is 0 Å². The first kappa shape index (κ1) is 55.1. The van der Waals surface area contributed by atoms with Crippen LogP contribution in [0.3, 0.4) is 0 Å². The molecular formula is C43H28BF24NO. The molecule has 0 aliphatic heterocycles. The van der Waals surface area contributed by atoms with Crippen LogP contribution in [0.15, 0.2) is 103 Å². The molecule has 0 unspecified atom stereocenters. The van der Waals surface area contributed by atoms with Crippen molar-refractivity contribution in [1.82, 2.24) is 0 Å². The summed E-state index contributed by atoms with van der Waals surface area (Å²) in [5, 5.41) is 0. The third-order valence-corrected chi connectivity index (χ3v) is 11.0. The molecule has 1 aliphatic carbocycles. The number of alkyl halides is 24. The van der Waals surface area contributed by atoms with Gasteiger partial charge in [-0.05, 0) is 49.9 Å². The van der Waals surface area contributed by atoms with Crippen LogP contribution in [0.2, 0.25) is 0 Å². The van der Waals surface area contributed by atoms with E-state index in [0.29, 0.717) is 6.10 Å². The van der Waals surface area contributed by atoms with E-state index in [1.807, 2.05) is 35.3 Å². The molecule has 0 amide bonds. The lowest BCUT2D eigenvalue weighted by atomic mass is 9.12. The van der Waals surface area contributed by atoms with Crippen LogP contribution in [0, 0.1) is 0 Å².